The Bertz CT molecular complexity index is 1080. The lowest BCUT2D eigenvalue weighted by Gasteiger charge is -2.28. The first-order valence-electron chi connectivity index (χ1n) is 10.1. The Balaban J connectivity index is 1.33. The molecule has 2 atom stereocenters. The fourth-order valence-corrected chi connectivity index (χ4v) is 4.90. The van der Waals surface area contributed by atoms with E-state index in [0.29, 0.717) is 48.2 Å². The minimum atomic E-state index is -0.537. The van der Waals surface area contributed by atoms with Crippen LogP contribution in [0.2, 0.25) is 4.47 Å². The molecule has 1 aromatic heterocycles. The highest BCUT2D eigenvalue weighted by molar-refractivity contribution is 7.17. The molecule has 3 amide bonds. The van der Waals surface area contributed by atoms with Crippen LogP contribution in [0.15, 0.2) is 24.4 Å². The molecule has 32 heavy (non-hydrogen) atoms. The number of benzene rings is 1. The van der Waals surface area contributed by atoms with E-state index in [0.717, 1.165) is 11.3 Å². The zero-order valence-electron chi connectivity index (χ0n) is 16.8. The van der Waals surface area contributed by atoms with Gasteiger partial charge < -0.3 is 24.4 Å². The van der Waals surface area contributed by atoms with Crippen molar-refractivity contribution in [3.05, 3.63) is 33.7 Å². The minimum absolute atomic E-state index is 0.0413. The van der Waals surface area contributed by atoms with Crippen molar-refractivity contribution in [2.24, 2.45) is 0 Å². The average Bonchev–Trinajstić information content (AvgIpc) is 3.29. The van der Waals surface area contributed by atoms with Crippen LogP contribution in [0, 0.1) is 0 Å². The summed E-state index contributed by atoms with van der Waals surface area (Å²) in [5, 5.41) is 2.78. The van der Waals surface area contributed by atoms with Crippen molar-refractivity contribution in [3.8, 4) is 5.75 Å². The van der Waals surface area contributed by atoms with Crippen molar-refractivity contribution >= 4 is 52.2 Å². The summed E-state index contributed by atoms with van der Waals surface area (Å²) < 4.78 is 17.0. The number of fused-ring (bicyclic) bond motifs is 3. The number of cyclic esters (lactones) is 1. The maximum Gasteiger partial charge on any atom is 0.415 e. The topological polar surface area (TPSA) is 110 Å². The predicted octanol–water partition coefficient (Wildman–Crippen LogP) is 2.07. The standard InChI is InChI=1S/C20H19ClN4O6S/c21-19-23-9-16(32-19)18(27)22-8-15-13-3-5-30-14-7-11(24-4-6-29-10-17(24)26)1-2-12(14)25(13)20(28)31-15/h1-2,7,9,13,15H,3-6,8,10H2,(H,22,27)/t13-,15-/m0/s1. The first kappa shape index (κ1) is 21.0. The third-order valence-electron chi connectivity index (χ3n) is 5.55. The summed E-state index contributed by atoms with van der Waals surface area (Å²) in [4.78, 5) is 44.7. The van der Waals surface area contributed by atoms with Crippen molar-refractivity contribution in [1.29, 1.82) is 0 Å². The zero-order valence-corrected chi connectivity index (χ0v) is 18.4. The van der Waals surface area contributed by atoms with E-state index < -0.39 is 12.2 Å². The summed E-state index contributed by atoms with van der Waals surface area (Å²) >= 11 is 6.86. The van der Waals surface area contributed by atoms with Crippen LogP contribution >= 0.6 is 22.9 Å². The van der Waals surface area contributed by atoms with Crippen LogP contribution in [-0.2, 0) is 14.3 Å². The summed E-state index contributed by atoms with van der Waals surface area (Å²) in [6, 6.07) is 5.00. The van der Waals surface area contributed by atoms with Gasteiger partial charge in [-0.1, -0.05) is 22.9 Å². The smallest absolute Gasteiger partial charge is 0.415 e. The van der Waals surface area contributed by atoms with Crippen molar-refractivity contribution < 1.29 is 28.6 Å². The highest BCUT2D eigenvalue weighted by atomic mass is 35.5. The van der Waals surface area contributed by atoms with Gasteiger partial charge in [0.2, 0.25) is 0 Å². The number of hydrogen-bond donors (Lipinski definition) is 1. The highest BCUT2D eigenvalue weighted by Crippen LogP contribution is 2.40. The molecule has 1 N–H and O–H groups in total. The molecule has 2 fully saturated rings. The first-order chi connectivity index (χ1) is 15.5. The van der Waals surface area contributed by atoms with Crippen molar-refractivity contribution in [3.63, 3.8) is 0 Å². The molecule has 12 heteroatoms. The SMILES string of the molecule is O=C(NC[C@@H]1OC(=O)N2c3ccc(N4CCOCC4=O)cc3OCC[C@@H]12)c1cnc(Cl)s1. The number of carbonyl (C=O) groups is 3. The van der Waals surface area contributed by atoms with Gasteiger partial charge in [-0.25, -0.2) is 9.78 Å². The van der Waals surface area contributed by atoms with Crippen LogP contribution in [0.5, 0.6) is 5.75 Å². The summed E-state index contributed by atoms with van der Waals surface area (Å²) in [5.41, 5.74) is 1.26. The van der Waals surface area contributed by atoms with Crippen LogP contribution in [0.3, 0.4) is 0 Å². The number of nitrogens with zero attached hydrogens (tertiary/aromatic N) is 3. The van der Waals surface area contributed by atoms with E-state index in [4.69, 9.17) is 25.8 Å². The third kappa shape index (κ3) is 3.87. The van der Waals surface area contributed by atoms with Gasteiger partial charge in [-0.3, -0.25) is 14.5 Å². The molecule has 3 aliphatic rings. The van der Waals surface area contributed by atoms with Gasteiger partial charge >= 0.3 is 6.09 Å². The van der Waals surface area contributed by atoms with E-state index in [-0.39, 0.29) is 35.5 Å². The van der Waals surface area contributed by atoms with Crippen molar-refractivity contribution in [1.82, 2.24) is 10.3 Å². The maximum absolute atomic E-state index is 12.7. The first-order valence-corrected chi connectivity index (χ1v) is 11.2. The molecule has 3 aliphatic heterocycles. The number of nitrogens with one attached hydrogen (secondary N) is 1. The molecule has 10 nitrogen and oxygen atoms in total. The number of halogens is 1. The van der Waals surface area contributed by atoms with Gasteiger partial charge in [-0.2, -0.15) is 0 Å². The molecule has 0 radical (unpaired) electrons. The number of anilines is 2. The van der Waals surface area contributed by atoms with Gasteiger partial charge in [0, 0.05) is 24.7 Å². The molecular weight excluding hydrogens is 460 g/mol. The monoisotopic (exact) mass is 478 g/mol. The number of carbonyl (C=O) groups excluding carboxylic acids is 3. The van der Waals surface area contributed by atoms with Crippen LogP contribution in [0.1, 0.15) is 16.1 Å². The van der Waals surface area contributed by atoms with E-state index in [1.807, 2.05) is 0 Å². The van der Waals surface area contributed by atoms with Crippen molar-refractivity contribution in [2.45, 2.75) is 18.6 Å². The van der Waals surface area contributed by atoms with E-state index in [1.165, 1.54) is 6.20 Å². The molecule has 0 bridgehead atoms. The van der Waals surface area contributed by atoms with Gasteiger partial charge in [0.1, 0.15) is 23.3 Å². The van der Waals surface area contributed by atoms with Gasteiger partial charge in [-0.15, -0.1) is 0 Å². The second-order valence-corrected chi connectivity index (χ2v) is 9.05. The fourth-order valence-electron chi connectivity index (χ4n) is 4.04. The Morgan fingerprint density at radius 2 is 2.19 bits per heavy atom. The van der Waals surface area contributed by atoms with E-state index in [9.17, 15) is 14.4 Å². The lowest BCUT2D eigenvalue weighted by atomic mass is 10.1. The molecule has 168 valence electrons. The van der Waals surface area contributed by atoms with Crippen LogP contribution in [0.4, 0.5) is 16.2 Å². The second kappa shape index (κ2) is 8.57. The summed E-state index contributed by atoms with van der Waals surface area (Å²) in [6.07, 6.45) is 0.892. The average molecular weight is 479 g/mol. The van der Waals surface area contributed by atoms with Crippen LogP contribution in [0.25, 0.3) is 0 Å². The number of hydrogen-bond acceptors (Lipinski definition) is 8. The van der Waals surface area contributed by atoms with E-state index in [2.05, 4.69) is 10.3 Å². The quantitative estimate of drug-likeness (QED) is 0.716. The number of amides is 3. The fraction of sp³-hybridized carbons (Fsp3) is 0.400. The highest BCUT2D eigenvalue weighted by Gasteiger charge is 2.45. The van der Waals surface area contributed by atoms with Gasteiger partial charge in [0.25, 0.3) is 11.8 Å². The molecule has 0 saturated carbocycles. The molecule has 4 heterocycles. The summed E-state index contributed by atoms with van der Waals surface area (Å²) in [7, 11) is 0. The molecule has 0 spiro atoms. The normalized spacial score (nSPS) is 22.5. The van der Waals surface area contributed by atoms with Gasteiger partial charge in [-0.05, 0) is 12.1 Å². The Morgan fingerprint density at radius 1 is 1.31 bits per heavy atom. The Kier molecular flexibility index (Phi) is 5.62. The Labute approximate surface area is 192 Å². The molecule has 2 aromatic rings. The second-order valence-electron chi connectivity index (χ2n) is 7.43. The number of rotatable bonds is 4. The Hall–Kier alpha value is -2.89. The van der Waals surface area contributed by atoms with Gasteiger partial charge in [0.05, 0.1) is 37.7 Å². The predicted molar refractivity (Wildman–Crippen MR) is 116 cm³/mol. The van der Waals surface area contributed by atoms with Crippen LogP contribution in [-0.4, -0.2) is 67.9 Å². The molecule has 2 saturated heterocycles. The number of morpholine rings is 1. The molecule has 5 rings (SSSR count). The lowest BCUT2D eigenvalue weighted by molar-refractivity contribution is -0.125. The molecular formula is C20H19ClN4O6S. The van der Waals surface area contributed by atoms with E-state index >= 15 is 0 Å². The Morgan fingerprint density at radius 3 is 2.97 bits per heavy atom. The van der Waals surface area contributed by atoms with Crippen molar-refractivity contribution in [2.75, 3.05) is 42.7 Å². The maximum atomic E-state index is 12.7. The molecule has 0 aliphatic carbocycles. The third-order valence-corrected chi connectivity index (χ3v) is 6.66. The molecule has 1 aromatic carbocycles. The summed E-state index contributed by atoms with van der Waals surface area (Å²) in [5.74, 6) is 0.0561. The number of thiazole rings is 1. The molecule has 0 unspecified atom stereocenters. The van der Waals surface area contributed by atoms with Gasteiger partial charge in [0.15, 0.2) is 4.47 Å². The number of ether oxygens (including phenoxy) is 3. The van der Waals surface area contributed by atoms with E-state index in [1.54, 1.807) is 28.0 Å². The minimum Gasteiger partial charge on any atom is -0.491 e. The zero-order chi connectivity index (χ0) is 22.2. The van der Waals surface area contributed by atoms with Crippen LogP contribution < -0.4 is 19.9 Å². The lowest BCUT2D eigenvalue weighted by Crippen LogP contribution is -2.42. The number of aromatic nitrogens is 1. The largest absolute Gasteiger partial charge is 0.491 e. The summed E-state index contributed by atoms with van der Waals surface area (Å²) in [6.45, 7) is 1.47.